The molecule has 1 aromatic carbocycles. The van der Waals surface area contributed by atoms with Gasteiger partial charge >= 0.3 is 0 Å². The van der Waals surface area contributed by atoms with Crippen LogP contribution in [0.25, 0.3) is 0 Å². The van der Waals surface area contributed by atoms with Gasteiger partial charge in [0.15, 0.2) is 0 Å². The van der Waals surface area contributed by atoms with E-state index >= 15 is 0 Å². The van der Waals surface area contributed by atoms with Crippen molar-refractivity contribution in [3.05, 3.63) is 33.8 Å². The van der Waals surface area contributed by atoms with Crippen LogP contribution in [0.5, 0.6) is 0 Å². The Morgan fingerprint density at radius 2 is 2.05 bits per heavy atom. The Balaban J connectivity index is 2.07. The molecule has 112 valence electrons. The van der Waals surface area contributed by atoms with Crippen molar-refractivity contribution >= 4 is 40.7 Å². The van der Waals surface area contributed by atoms with Crippen molar-refractivity contribution in [1.82, 2.24) is 10.3 Å². The third-order valence-electron chi connectivity index (χ3n) is 3.26. The summed E-state index contributed by atoms with van der Waals surface area (Å²) < 4.78 is 0. The molecular weight excluding hydrogens is 313 g/mol. The maximum Gasteiger partial charge on any atom is 0.267 e. The van der Waals surface area contributed by atoms with Crippen LogP contribution in [0.2, 0.25) is 10.0 Å². The van der Waals surface area contributed by atoms with E-state index in [-0.39, 0.29) is 17.9 Å². The third-order valence-corrected chi connectivity index (χ3v) is 4.00. The van der Waals surface area contributed by atoms with Gasteiger partial charge in [-0.05, 0) is 24.6 Å². The first kappa shape index (κ1) is 15.8. The van der Waals surface area contributed by atoms with Gasteiger partial charge in [0.05, 0.1) is 16.1 Å². The summed E-state index contributed by atoms with van der Waals surface area (Å²) in [6.07, 6.45) is 0.646. The van der Waals surface area contributed by atoms with Crippen molar-refractivity contribution in [3.63, 3.8) is 0 Å². The summed E-state index contributed by atoms with van der Waals surface area (Å²) in [6, 6.07) is 4.97. The van der Waals surface area contributed by atoms with Gasteiger partial charge in [-0.3, -0.25) is 9.59 Å². The standard InChI is InChI=1S/C14H15Cl2N3O2/c1-8(9-3-4-10(15)11(16)7-9)17-14(21)12-5-6-13(20)19(2)18-12/h3-4,7-8H,5-6H2,1-2H3,(H,17,21). The number of nitrogens with zero attached hydrogens (tertiary/aromatic N) is 2. The molecule has 7 heteroatoms. The summed E-state index contributed by atoms with van der Waals surface area (Å²) in [5.74, 6) is -0.378. The SMILES string of the molecule is CC(NC(=O)C1=NN(C)C(=O)CC1)c1ccc(Cl)c(Cl)c1. The molecule has 0 saturated carbocycles. The number of halogens is 2. The van der Waals surface area contributed by atoms with E-state index < -0.39 is 0 Å². The second kappa shape index (κ2) is 6.45. The van der Waals surface area contributed by atoms with Gasteiger partial charge in [-0.1, -0.05) is 29.3 Å². The van der Waals surface area contributed by atoms with Crippen molar-refractivity contribution < 1.29 is 9.59 Å². The fourth-order valence-corrected chi connectivity index (χ4v) is 2.28. The zero-order valence-corrected chi connectivity index (χ0v) is 13.2. The van der Waals surface area contributed by atoms with Crippen LogP contribution in [0.4, 0.5) is 0 Å². The molecule has 2 amide bonds. The quantitative estimate of drug-likeness (QED) is 0.927. The largest absolute Gasteiger partial charge is 0.344 e. The molecule has 1 unspecified atom stereocenters. The molecule has 5 nitrogen and oxygen atoms in total. The zero-order chi connectivity index (χ0) is 15.6. The number of hydrogen-bond acceptors (Lipinski definition) is 3. The summed E-state index contributed by atoms with van der Waals surface area (Å²) in [4.78, 5) is 23.5. The number of nitrogens with one attached hydrogen (secondary N) is 1. The lowest BCUT2D eigenvalue weighted by Gasteiger charge is -2.21. The average molecular weight is 328 g/mol. The van der Waals surface area contributed by atoms with Crippen LogP contribution in [-0.2, 0) is 9.59 Å². The lowest BCUT2D eigenvalue weighted by atomic mass is 10.1. The molecule has 1 aliphatic heterocycles. The number of carbonyl (C=O) groups is 2. The predicted molar refractivity (Wildman–Crippen MR) is 82.5 cm³/mol. The highest BCUT2D eigenvalue weighted by molar-refractivity contribution is 6.42. The van der Waals surface area contributed by atoms with Crippen molar-refractivity contribution in [2.24, 2.45) is 5.10 Å². The fraction of sp³-hybridized carbons (Fsp3) is 0.357. The molecule has 1 aliphatic rings. The van der Waals surface area contributed by atoms with Gasteiger partial charge in [0.2, 0.25) is 5.91 Å². The summed E-state index contributed by atoms with van der Waals surface area (Å²) >= 11 is 11.8. The van der Waals surface area contributed by atoms with Crippen LogP contribution in [0.1, 0.15) is 31.4 Å². The molecule has 1 atom stereocenters. The summed E-state index contributed by atoms with van der Waals surface area (Å²) in [6.45, 7) is 1.84. The van der Waals surface area contributed by atoms with E-state index in [1.165, 1.54) is 12.1 Å². The van der Waals surface area contributed by atoms with Crippen molar-refractivity contribution in [2.75, 3.05) is 7.05 Å². The van der Waals surface area contributed by atoms with Gasteiger partial charge in [0.1, 0.15) is 5.71 Å². The molecule has 1 heterocycles. The molecule has 0 aliphatic carbocycles. The number of hydrogen-bond donors (Lipinski definition) is 1. The van der Waals surface area contributed by atoms with E-state index in [1.807, 2.05) is 6.92 Å². The molecule has 1 aromatic rings. The number of rotatable bonds is 3. The van der Waals surface area contributed by atoms with Crippen LogP contribution in [0.3, 0.4) is 0 Å². The molecular formula is C14H15Cl2N3O2. The van der Waals surface area contributed by atoms with Gasteiger partial charge in [-0.25, -0.2) is 5.01 Å². The lowest BCUT2D eigenvalue weighted by molar-refractivity contribution is -0.130. The second-order valence-electron chi connectivity index (χ2n) is 4.83. The normalized spacial score (nSPS) is 16.5. The highest BCUT2D eigenvalue weighted by Crippen LogP contribution is 2.25. The van der Waals surface area contributed by atoms with Gasteiger partial charge in [-0.2, -0.15) is 5.10 Å². The molecule has 21 heavy (non-hydrogen) atoms. The Morgan fingerprint density at radius 1 is 1.33 bits per heavy atom. The van der Waals surface area contributed by atoms with E-state index in [9.17, 15) is 9.59 Å². The fourth-order valence-electron chi connectivity index (χ4n) is 1.98. The second-order valence-corrected chi connectivity index (χ2v) is 5.65. The minimum absolute atomic E-state index is 0.0934. The van der Waals surface area contributed by atoms with Crippen LogP contribution in [0, 0.1) is 0 Å². The first-order valence-corrected chi connectivity index (χ1v) is 7.24. The van der Waals surface area contributed by atoms with E-state index in [1.54, 1.807) is 18.2 Å². The lowest BCUT2D eigenvalue weighted by Crippen LogP contribution is -2.38. The summed E-state index contributed by atoms with van der Waals surface area (Å²) in [5, 5.41) is 8.93. The summed E-state index contributed by atoms with van der Waals surface area (Å²) in [7, 11) is 1.54. The molecule has 2 rings (SSSR count). The first-order chi connectivity index (χ1) is 9.88. The third kappa shape index (κ3) is 3.74. The smallest absolute Gasteiger partial charge is 0.267 e. The molecule has 0 aromatic heterocycles. The molecule has 1 N–H and O–H groups in total. The van der Waals surface area contributed by atoms with Crippen molar-refractivity contribution in [1.29, 1.82) is 0 Å². The summed E-state index contributed by atoms with van der Waals surface area (Å²) in [5.41, 5.74) is 1.20. The average Bonchev–Trinajstić information content (AvgIpc) is 2.44. The van der Waals surface area contributed by atoms with Gasteiger partial charge in [-0.15, -0.1) is 0 Å². The Kier molecular flexibility index (Phi) is 4.85. The van der Waals surface area contributed by atoms with E-state index in [4.69, 9.17) is 23.2 Å². The first-order valence-electron chi connectivity index (χ1n) is 6.48. The Labute approximate surface area is 132 Å². The van der Waals surface area contributed by atoms with Gasteiger partial charge < -0.3 is 5.32 Å². The Bertz CT molecular complexity index is 616. The highest BCUT2D eigenvalue weighted by Gasteiger charge is 2.23. The van der Waals surface area contributed by atoms with Crippen molar-refractivity contribution in [2.45, 2.75) is 25.8 Å². The van der Waals surface area contributed by atoms with E-state index in [2.05, 4.69) is 10.4 Å². The topological polar surface area (TPSA) is 61.8 Å². The Morgan fingerprint density at radius 3 is 2.67 bits per heavy atom. The molecule has 0 saturated heterocycles. The number of carbonyl (C=O) groups excluding carboxylic acids is 2. The zero-order valence-electron chi connectivity index (χ0n) is 11.7. The molecule has 0 spiro atoms. The van der Waals surface area contributed by atoms with Gasteiger partial charge in [0, 0.05) is 19.9 Å². The monoisotopic (exact) mass is 327 g/mol. The van der Waals surface area contributed by atoms with Crippen LogP contribution >= 0.6 is 23.2 Å². The predicted octanol–water partition coefficient (Wildman–Crippen LogP) is 2.78. The minimum atomic E-state index is -0.284. The number of hydrazone groups is 1. The van der Waals surface area contributed by atoms with E-state index in [0.29, 0.717) is 28.6 Å². The molecule has 0 radical (unpaired) electrons. The van der Waals surface area contributed by atoms with Crippen LogP contribution < -0.4 is 5.32 Å². The maximum absolute atomic E-state index is 12.1. The van der Waals surface area contributed by atoms with Gasteiger partial charge in [0.25, 0.3) is 5.91 Å². The number of amides is 2. The van der Waals surface area contributed by atoms with Crippen LogP contribution in [0.15, 0.2) is 23.3 Å². The van der Waals surface area contributed by atoms with E-state index in [0.717, 1.165) is 5.56 Å². The molecule has 0 bridgehead atoms. The number of benzene rings is 1. The van der Waals surface area contributed by atoms with Crippen LogP contribution in [-0.4, -0.2) is 29.6 Å². The maximum atomic E-state index is 12.1. The highest BCUT2D eigenvalue weighted by atomic mass is 35.5. The molecule has 0 fully saturated rings. The minimum Gasteiger partial charge on any atom is -0.344 e. The van der Waals surface area contributed by atoms with Crippen molar-refractivity contribution in [3.8, 4) is 0 Å². The Hall–Kier alpha value is -1.59.